The Balaban J connectivity index is 1.67. The van der Waals surface area contributed by atoms with Gasteiger partial charge in [0, 0.05) is 29.6 Å². The van der Waals surface area contributed by atoms with E-state index in [4.69, 9.17) is 11.5 Å². The van der Waals surface area contributed by atoms with Crippen LogP contribution in [0.25, 0.3) is 17.0 Å². The topological polar surface area (TPSA) is 213 Å². The lowest BCUT2D eigenvalue weighted by atomic mass is 10.0. The zero-order valence-electron chi connectivity index (χ0n) is 19.5. The molecule has 2 aromatic carbocycles. The molecule has 3 aromatic rings. The summed E-state index contributed by atoms with van der Waals surface area (Å²) < 4.78 is 0. The summed E-state index contributed by atoms with van der Waals surface area (Å²) in [6.45, 7) is 0. The van der Waals surface area contributed by atoms with Crippen LogP contribution in [0.2, 0.25) is 0 Å². The van der Waals surface area contributed by atoms with Crippen molar-refractivity contribution in [3.8, 4) is 0 Å². The van der Waals surface area contributed by atoms with Gasteiger partial charge in [0.05, 0.1) is 12.1 Å². The SMILES string of the molecule is NC(N)=Nc1ccc(C=CC(=O)N[C@@H](CC(=O)O)C(=O)N[C@@H](Cc2c[nH]c3ccccc23)C(=O)O)cc1. The van der Waals surface area contributed by atoms with Gasteiger partial charge in [-0.15, -0.1) is 0 Å². The van der Waals surface area contributed by atoms with Gasteiger partial charge in [-0.3, -0.25) is 14.4 Å². The fourth-order valence-electron chi connectivity index (χ4n) is 3.58. The van der Waals surface area contributed by atoms with Crippen LogP contribution < -0.4 is 22.1 Å². The average molecular weight is 507 g/mol. The molecule has 12 heteroatoms. The lowest BCUT2D eigenvalue weighted by Crippen LogP contribution is -2.52. The normalized spacial score (nSPS) is 12.5. The van der Waals surface area contributed by atoms with Crippen molar-refractivity contribution in [1.82, 2.24) is 15.6 Å². The second kappa shape index (κ2) is 12.0. The molecule has 2 amide bonds. The number of carbonyl (C=O) groups is 4. The summed E-state index contributed by atoms with van der Waals surface area (Å²) >= 11 is 0. The number of nitrogens with zero attached hydrogens (tertiary/aromatic N) is 1. The van der Waals surface area contributed by atoms with Gasteiger partial charge in [0.1, 0.15) is 12.1 Å². The highest BCUT2D eigenvalue weighted by atomic mass is 16.4. The van der Waals surface area contributed by atoms with E-state index in [-0.39, 0.29) is 12.4 Å². The van der Waals surface area contributed by atoms with Gasteiger partial charge in [0.15, 0.2) is 5.96 Å². The maximum absolute atomic E-state index is 12.8. The molecule has 0 radical (unpaired) electrons. The number of carboxylic acid groups (broad SMARTS) is 2. The zero-order chi connectivity index (χ0) is 26.9. The maximum atomic E-state index is 12.8. The number of carbonyl (C=O) groups excluding carboxylic acids is 2. The summed E-state index contributed by atoms with van der Waals surface area (Å²) in [5.74, 6) is -4.42. The number of aromatic amines is 1. The number of benzene rings is 2. The molecule has 192 valence electrons. The van der Waals surface area contributed by atoms with E-state index in [2.05, 4.69) is 20.6 Å². The fourth-order valence-corrected chi connectivity index (χ4v) is 3.58. The van der Waals surface area contributed by atoms with Gasteiger partial charge in [-0.2, -0.15) is 0 Å². The van der Waals surface area contributed by atoms with Crippen LogP contribution in [0.15, 0.2) is 65.8 Å². The van der Waals surface area contributed by atoms with Crippen LogP contribution in [0.1, 0.15) is 17.5 Å². The Kier molecular flexibility index (Phi) is 8.60. The quantitative estimate of drug-likeness (QED) is 0.112. The molecule has 0 bridgehead atoms. The second-order valence-electron chi connectivity index (χ2n) is 8.08. The standard InChI is InChI=1S/C25H26N6O6/c26-25(27)29-16-8-5-14(6-9-16)7-10-21(32)30-19(12-22(33)34)23(35)31-20(24(36)37)11-15-13-28-18-4-2-1-3-17(15)18/h1-10,13,19-20,28H,11-12H2,(H,30,32)(H,31,35)(H,33,34)(H,36,37)(H4,26,27,29)/t19-,20-/m0/s1. The number of H-pyrrole nitrogens is 1. The highest BCUT2D eigenvalue weighted by Gasteiger charge is 2.28. The molecule has 9 N–H and O–H groups in total. The monoisotopic (exact) mass is 506 g/mol. The van der Waals surface area contributed by atoms with Gasteiger partial charge >= 0.3 is 11.9 Å². The van der Waals surface area contributed by atoms with Crippen LogP contribution in [-0.4, -0.2) is 57.0 Å². The molecule has 37 heavy (non-hydrogen) atoms. The number of aromatic nitrogens is 1. The van der Waals surface area contributed by atoms with Crippen molar-refractivity contribution < 1.29 is 29.4 Å². The van der Waals surface area contributed by atoms with Crippen molar-refractivity contribution in [3.05, 3.63) is 71.9 Å². The number of guanidine groups is 1. The molecule has 12 nitrogen and oxygen atoms in total. The molecule has 0 saturated carbocycles. The number of hydrogen-bond acceptors (Lipinski definition) is 5. The van der Waals surface area contributed by atoms with Crippen LogP contribution in [0.3, 0.4) is 0 Å². The number of carboxylic acids is 2. The van der Waals surface area contributed by atoms with E-state index in [0.717, 1.165) is 17.0 Å². The molecule has 0 unspecified atom stereocenters. The Morgan fingerprint density at radius 1 is 0.973 bits per heavy atom. The summed E-state index contributed by atoms with van der Waals surface area (Å²) in [6.07, 6.45) is 3.43. The van der Waals surface area contributed by atoms with Crippen LogP contribution in [-0.2, 0) is 25.6 Å². The summed E-state index contributed by atoms with van der Waals surface area (Å²) in [6, 6.07) is 11.0. The van der Waals surface area contributed by atoms with Crippen molar-refractivity contribution >= 4 is 52.4 Å². The van der Waals surface area contributed by atoms with E-state index in [1.807, 2.05) is 18.2 Å². The Morgan fingerprint density at radius 3 is 2.32 bits per heavy atom. The third kappa shape index (κ3) is 7.68. The molecular formula is C25H26N6O6. The Labute approximate surface area is 211 Å². The lowest BCUT2D eigenvalue weighted by molar-refractivity contribution is -0.143. The van der Waals surface area contributed by atoms with Gasteiger partial charge < -0.3 is 37.3 Å². The minimum atomic E-state index is -1.50. The Hall–Kier alpha value is -5.13. The molecule has 1 heterocycles. The number of para-hydroxylation sites is 1. The first-order valence-corrected chi connectivity index (χ1v) is 11.1. The largest absolute Gasteiger partial charge is 0.481 e. The van der Waals surface area contributed by atoms with Crippen LogP contribution in [0.5, 0.6) is 0 Å². The van der Waals surface area contributed by atoms with Crippen LogP contribution >= 0.6 is 0 Å². The average Bonchev–Trinajstić information content (AvgIpc) is 3.25. The van der Waals surface area contributed by atoms with Gasteiger partial charge in [-0.25, -0.2) is 9.79 Å². The predicted molar refractivity (Wildman–Crippen MR) is 137 cm³/mol. The first-order valence-electron chi connectivity index (χ1n) is 11.1. The van der Waals surface area contributed by atoms with Gasteiger partial charge in [-0.05, 0) is 35.4 Å². The molecule has 0 aliphatic heterocycles. The molecule has 2 atom stereocenters. The highest BCUT2D eigenvalue weighted by molar-refractivity contribution is 5.97. The summed E-state index contributed by atoms with van der Waals surface area (Å²) in [5, 5.41) is 24.3. The third-order valence-corrected chi connectivity index (χ3v) is 5.30. The molecule has 0 fully saturated rings. The van der Waals surface area contributed by atoms with Crippen LogP contribution in [0, 0.1) is 0 Å². The highest BCUT2D eigenvalue weighted by Crippen LogP contribution is 2.19. The van der Waals surface area contributed by atoms with Crippen molar-refractivity contribution in [3.63, 3.8) is 0 Å². The second-order valence-corrected chi connectivity index (χ2v) is 8.08. The maximum Gasteiger partial charge on any atom is 0.326 e. The smallest absolute Gasteiger partial charge is 0.326 e. The number of aliphatic imine (C=N–C) groups is 1. The van der Waals surface area contributed by atoms with E-state index >= 15 is 0 Å². The van der Waals surface area contributed by atoms with E-state index in [0.29, 0.717) is 16.8 Å². The Morgan fingerprint density at radius 2 is 1.68 bits per heavy atom. The third-order valence-electron chi connectivity index (χ3n) is 5.30. The first kappa shape index (κ1) is 26.5. The number of fused-ring (bicyclic) bond motifs is 1. The molecule has 0 aliphatic rings. The summed E-state index contributed by atoms with van der Waals surface area (Å²) in [4.78, 5) is 55.3. The van der Waals surface area contributed by atoms with Crippen molar-refractivity contribution in [2.75, 3.05) is 0 Å². The molecule has 3 rings (SSSR count). The van der Waals surface area contributed by atoms with Gasteiger partial charge in [0.25, 0.3) is 0 Å². The molecule has 0 saturated heterocycles. The molecule has 1 aromatic heterocycles. The summed E-state index contributed by atoms with van der Waals surface area (Å²) in [7, 11) is 0. The number of rotatable bonds is 11. The fraction of sp³-hybridized carbons (Fsp3) is 0.160. The zero-order valence-corrected chi connectivity index (χ0v) is 19.5. The van der Waals surface area contributed by atoms with E-state index in [9.17, 15) is 29.4 Å². The van der Waals surface area contributed by atoms with Gasteiger partial charge in [0.2, 0.25) is 11.8 Å². The molecule has 0 aliphatic carbocycles. The van der Waals surface area contributed by atoms with Crippen LogP contribution in [0.4, 0.5) is 5.69 Å². The number of nitrogens with one attached hydrogen (secondary N) is 3. The molecular weight excluding hydrogens is 480 g/mol. The van der Waals surface area contributed by atoms with Crippen molar-refractivity contribution in [1.29, 1.82) is 0 Å². The number of hydrogen-bond donors (Lipinski definition) is 7. The lowest BCUT2D eigenvalue weighted by Gasteiger charge is -2.20. The minimum Gasteiger partial charge on any atom is -0.481 e. The summed E-state index contributed by atoms with van der Waals surface area (Å²) in [5.41, 5.74) is 13.2. The first-order chi connectivity index (χ1) is 17.6. The number of nitrogens with two attached hydrogens (primary N) is 2. The van der Waals surface area contributed by atoms with Crippen molar-refractivity contribution in [2.24, 2.45) is 16.5 Å². The number of amides is 2. The van der Waals surface area contributed by atoms with E-state index < -0.39 is 42.3 Å². The van der Waals surface area contributed by atoms with Crippen molar-refractivity contribution in [2.45, 2.75) is 24.9 Å². The predicted octanol–water partition coefficient (Wildman–Crippen LogP) is 0.858. The van der Waals surface area contributed by atoms with Gasteiger partial charge in [-0.1, -0.05) is 30.3 Å². The van der Waals surface area contributed by atoms with E-state index in [1.165, 1.54) is 6.08 Å². The van der Waals surface area contributed by atoms with E-state index in [1.54, 1.807) is 36.5 Å². The number of aliphatic carboxylic acids is 2. The minimum absolute atomic E-state index is 0.0470. The Bertz CT molecular complexity index is 1360. The molecule has 0 spiro atoms.